The molecular weight excluding hydrogens is 376 g/mol. The minimum Gasteiger partial charge on any atom is -0.465 e. The Morgan fingerprint density at radius 1 is 1.03 bits per heavy atom. The van der Waals surface area contributed by atoms with Gasteiger partial charge < -0.3 is 10.1 Å². The molecule has 4 rings (SSSR count). The molecule has 154 valence electrons. The van der Waals surface area contributed by atoms with Crippen molar-refractivity contribution in [2.45, 2.75) is 31.8 Å². The maximum Gasteiger partial charge on any atom is 0.337 e. The molecule has 0 radical (unpaired) electrons. The van der Waals surface area contributed by atoms with E-state index in [4.69, 9.17) is 4.74 Å². The van der Waals surface area contributed by atoms with E-state index in [-0.39, 0.29) is 5.91 Å². The highest BCUT2D eigenvalue weighted by atomic mass is 16.5. The molecule has 0 saturated heterocycles. The standard InChI is InChI=1S/C25H26N2O3/c1-30-25(29)19-8-5-10-21(16-19)26-24(28)14-15-27(22-12-13-22)17-20-9-4-7-18-6-2-3-11-23(18)20/h2-11,16,22H,12-15,17H2,1H3,(H,26,28). The molecule has 30 heavy (non-hydrogen) atoms. The molecule has 3 aromatic carbocycles. The molecule has 5 nitrogen and oxygen atoms in total. The monoisotopic (exact) mass is 402 g/mol. The lowest BCUT2D eigenvalue weighted by atomic mass is 10.0. The number of amides is 1. The summed E-state index contributed by atoms with van der Waals surface area (Å²) < 4.78 is 4.74. The predicted octanol–water partition coefficient (Wildman–Crippen LogP) is 4.62. The molecule has 1 fully saturated rings. The number of ether oxygens (including phenoxy) is 1. The van der Waals surface area contributed by atoms with E-state index < -0.39 is 5.97 Å². The van der Waals surface area contributed by atoms with Crippen molar-refractivity contribution >= 4 is 28.3 Å². The second-order valence-electron chi connectivity index (χ2n) is 7.71. The van der Waals surface area contributed by atoms with Crippen molar-refractivity contribution in [2.75, 3.05) is 19.0 Å². The van der Waals surface area contributed by atoms with Crippen molar-refractivity contribution in [2.24, 2.45) is 0 Å². The summed E-state index contributed by atoms with van der Waals surface area (Å²) in [6.07, 6.45) is 2.78. The molecular formula is C25H26N2O3. The highest BCUT2D eigenvalue weighted by Gasteiger charge is 2.29. The topological polar surface area (TPSA) is 58.6 Å². The fourth-order valence-corrected chi connectivity index (χ4v) is 3.79. The van der Waals surface area contributed by atoms with Crippen molar-refractivity contribution < 1.29 is 14.3 Å². The summed E-state index contributed by atoms with van der Waals surface area (Å²) >= 11 is 0. The van der Waals surface area contributed by atoms with E-state index in [2.05, 4.69) is 52.7 Å². The van der Waals surface area contributed by atoms with Gasteiger partial charge >= 0.3 is 5.97 Å². The molecule has 0 atom stereocenters. The van der Waals surface area contributed by atoms with Gasteiger partial charge in [0.2, 0.25) is 5.91 Å². The average molecular weight is 402 g/mol. The van der Waals surface area contributed by atoms with Crippen LogP contribution in [0.15, 0.2) is 66.7 Å². The highest BCUT2D eigenvalue weighted by molar-refractivity contribution is 5.94. The van der Waals surface area contributed by atoms with Gasteiger partial charge in [-0.3, -0.25) is 9.69 Å². The minimum atomic E-state index is -0.416. The number of methoxy groups -OCH3 is 1. The van der Waals surface area contributed by atoms with Crippen LogP contribution in [0, 0.1) is 0 Å². The molecule has 0 aliphatic heterocycles. The molecule has 1 aliphatic rings. The van der Waals surface area contributed by atoms with E-state index in [1.54, 1.807) is 24.3 Å². The van der Waals surface area contributed by atoms with Crippen LogP contribution in [0.25, 0.3) is 10.8 Å². The van der Waals surface area contributed by atoms with E-state index in [1.165, 1.54) is 36.3 Å². The Bertz CT molecular complexity index is 1050. The number of hydrogen-bond donors (Lipinski definition) is 1. The number of fused-ring (bicyclic) bond motifs is 1. The smallest absolute Gasteiger partial charge is 0.337 e. The predicted molar refractivity (Wildman–Crippen MR) is 118 cm³/mol. The van der Waals surface area contributed by atoms with Crippen LogP contribution in [0.3, 0.4) is 0 Å². The SMILES string of the molecule is COC(=O)c1cccc(NC(=O)CCN(Cc2cccc3ccccc23)C2CC2)c1. The number of nitrogens with zero attached hydrogens (tertiary/aromatic N) is 1. The number of carbonyl (C=O) groups excluding carboxylic acids is 2. The van der Waals surface area contributed by atoms with Crippen LogP contribution >= 0.6 is 0 Å². The van der Waals surface area contributed by atoms with Gasteiger partial charge in [-0.25, -0.2) is 4.79 Å². The summed E-state index contributed by atoms with van der Waals surface area (Å²) in [6.45, 7) is 1.55. The number of esters is 1. The highest BCUT2D eigenvalue weighted by Crippen LogP contribution is 2.30. The van der Waals surface area contributed by atoms with Crippen LogP contribution in [0.1, 0.15) is 35.2 Å². The number of nitrogens with one attached hydrogen (secondary N) is 1. The lowest BCUT2D eigenvalue weighted by Crippen LogP contribution is -2.29. The van der Waals surface area contributed by atoms with E-state index in [1.807, 2.05) is 0 Å². The number of anilines is 1. The Morgan fingerprint density at radius 3 is 2.60 bits per heavy atom. The average Bonchev–Trinajstić information content (AvgIpc) is 3.61. The van der Waals surface area contributed by atoms with Crippen LogP contribution in [0.2, 0.25) is 0 Å². The zero-order valence-electron chi connectivity index (χ0n) is 17.1. The molecule has 0 unspecified atom stereocenters. The maximum absolute atomic E-state index is 12.5. The van der Waals surface area contributed by atoms with Crippen molar-refractivity contribution in [3.63, 3.8) is 0 Å². The molecule has 0 bridgehead atoms. The summed E-state index contributed by atoms with van der Waals surface area (Å²) in [6, 6.07) is 22.2. The Balaban J connectivity index is 1.39. The first-order chi connectivity index (χ1) is 14.6. The van der Waals surface area contributed by atoms with Gasteiger partial charge in [0.1, 0.15) is 0 Å². The van der Waals surface area contributed by atoms with Crippen LogP contribution < -0.4 is 5.32 Å². The van der Waals surface area contributed by atoms with Crippen molar-refractivity contribution in [1.82, 2.24) is 4.90 Å². The van der Waals surface area contributed by atoms with Crippen LogP contribution in [-0.4, -0.2) is 36.5 Å². The van der Waals surface area contributed by atoms with Gasteiger partial charge in [-0.15, -0.1) is 0 Å². The van der Waals surface area contributed by atoms with Gasteiger partial charge in [-0.05, 0) is 47.4 Å². The van der Waals surface area contributed by atoms with Crippen molar-refractivity contribution in [3.05, 3.63) is 77.9 Å². The molecule has 0 spiro atoms. The first kappa shape index (κ1) is 20.1. The minimum absolute atomic E-state index is 0.0550. The maximum atomic E-state index is 12.5. The Morgan fingerprint density at radius 2 is 1.80 bits per heavy atom. The third-order valence-corrected chi connectivity index (χ3v) is 5.51. The molecule has 0 aromatic heterocycles. The number of hydrogen-bond acceptors (Lipinski definition) is 4. The Hall–Kier alpha value is -3.18. The summed E-state index contributed by atoms with van der Waals surface area (Å²) in [5.74, 6) is -0.471. The van der Waals surface area contributed by atoms with E-state index in [0.717, 1.165) is 6.54 Å². The summed E-state index contributed by atoms with van der Waals surface area (Å²) in [5.41, 5.74) is 2.33. The molecule has 1 N–H and O–H groups in total. The molecule has 0 heterocycles. The first-order valence-electron chi connectivity index (χ1n) is 10.3. The second kappa shape index (κ2) is 9.09. The van der Waals surface area contributed by atoms with Crippen molar-refractivity contribution in [3.8, 4) is 0 Å². The third kappa shape index (κ3) is 4.86. The fraction of sp³-hybridized carbons (Fsp3) is 0.280. The van der Waals surface area contributed by atoms with Gasteiger partial charge in [-0.1, -0.05) is 48.5 Å². The number of rotatable bonds is 8. The summed E-state index contributed by atoms with van der Waals surface area (Å²) in [4.78, 5) is 26.6. The van der Waals surface area contributed by atoms with E-state index in [9.17, 15) is 9.59 Å². The van der Waals surface area contributed by atoms with E-state index in [0.29, 0.717) is 30.3 Å². The van der Waals surface area contributed by atoms with Crippen LogP contribution in [-0.2, 0) is 16.1 Å². The van der Waals surface area contributed by atoms with Gasteiger partial charge in [0.25, 0.3) is 0 Å². The Labute approximate surface area is 176 Å². The van der Waals surface area contributed by atoms with Gasteiger partial charge in [-0.2, -0.15) is 0 Å². The molecule has 1 aliphatic carbocycles. The Kier molecular flexibility index (Phi) is 6.10. The summed E-state index contributed by atoms with van der Waals surface area (Å²) in [5, 5.41) is 5.41. The van der Waals surface area contributed by atoms with Gasteiger partial charge in [0, 0.05) is 31.2 Å². The molecule has 1 saturated carbocycles. The third-order valence-electron chi connectivity index (χ3n) is 5.51. The molecule has 3 aromatic rings. The largest absolute Gasteiger partial charge is 0.465 e. The molecule has 1 amide bonds. The van der Waals surface area contributed by atoms with E-state index >= 15 is 0 Å². The van der Waals surface area contributed by atoms with Crippen LogP contribution in [0.5, 0.6) is 0 Å². The zero-order valence-corrected chi connectivity index (χ0v) is 17.1. The lowest BCUT2D eigenvalue weighted by molar-refractivity contribution is -0.116. The van der Waals surface area contributed by atoms with Crippen LogP contribution in [0.4, 0.5) is 5.69 Å². The number of carbonyl (C=O) groups is 2. The number of benzene rings is 3. The van der Waals surface area contributed by atoms with Gasteiger partial charge in [0.15, 0.2) is 0 Å². The second-order valence-corrected chi connectivity index (χ2v) is 7.71. The fourth-order valence-electron chi connectivity index (χ4n) is 3.79. The van der Waals surface area contributed by atoms with Gasteiger partial charge in [0.05, 0.1) is 12.7 Å². The quantitative estimate of drug-likeness (QED) is 0.559. The zero-order chi connectivity index (χ0) is 20.9. The first-order valence-corrected chi connectivity index (χ1v) is 10.3. The van der Waals surface area contributed by atoms with Crippen molar-refractivity contribution in [1.29, 1.82) is 0 Å². The summed E-state index contributed by atoms with van der Waals surface area (Å²) in [7, 11) is 1.34. The lowest BCUT2D eigenvalue weighted by Gasteiger charge is -2.22. The normalized spacial score (nSPS) is 13.4. The molecule has 5 heteroatoms.